The van der Waals surface area contributed by atoms with Gasteiger partial charge in [0.1, 0.15) is 11.8 Å². The molecular weight excluding hydrogens is 296 g/mol. The van der Waals surface area contributed by atoms with Gasteiger partial charge in [-0.2, -0.15) is 0 Å². The summed E-state index contributed by atoms with van der Waals surface area (Å²) in [5.74, 6) is -0.318. The first-order valence-electron chi connectivity index (χ1n) is 8.29. The molecule has 1 aliphatic heterocycles. The maximum absolute atomic E-state index is 12.5. The van der Waals surface area contributed by atoms with Gasteiger partial charge in [-0.05, 0) is 51.9 Å². The highest BCUT2D eigenvalue weighted by molar-refractivity contribution is 5.94. The number of rotatable bonds is 7. The Kier molecular flexibility index (Phi) is 5.82. The summed E-state index contributed by atoms with van der Waals surface area (Å²) in [6, 6.07) is 2.81. The molecule has 1 aliphatic rings. The van der Waals surface area contributed by atoms with E-state index in [4.69, 9.17) is 4.42 Å². The lowest BCUT2D eigenvalue weighted by Gasteiger charge is -2.23. The Bertz CT molecular complexity index is 555. The van der Waals surface area contributed by atoms with Gasteiger partial charge in [-0.15, -0.1) is 0 Å². The zero-order chi connectivity index (χ0) is 17.0. The summed E-state index contributed by atoms with van der Waals surface area (Å²) in [4.78, 5) is 27.3. The van der Waals surface area contributed by atoms with E-state index in [1.54, 1.807) is 6.07 Å². The standard InChI is InChI=1S/C17H26N2O4/c1-4-5-10-18(3)12(2)14-8-9-15(23-14)16(20)19-11-6-7-13(19)17(21)22/h8-9,12-13H,4-7,10-11H2,1-3H3,(H,21,22). The van der Waals surface area contributed by atoms with Crippen LogP contribution in [0.4, 0.5) is 0 Å². The maximum atomic E-state index is 12.5. The number of furan rings is 1. The molecule has 6 heteroatoms. The highest BCUT2D eigenvalue weighted by atomic mass is 16.4. The van der Waals surface area contributed by atoms with E-state index < -0.39 is 12.0 Å². The zero-order valence-electron chi connectivity index (χ0n) is 14.1. The molecule has 1 aromatic rings. The van der Waals surface area contributed by atoms with E-state index in [1.165, 1.54) is 4.90 Å². The van der Waals surface area contributed by atoms with E-state index in [-0.39, 0.29) is 17.7 Å². The minimum Gasteiger partial charge on any atom is -0.480 e. The van der Waals surface area contributed by atoms with E-state index in [1.807, 2.05) is 20.0 Å². The third-order valence-electron chi connectivity index (χ3n) is 4.57. The highest BCUT2D eigenvalue weighted by Gasteiger charge is 2.35. The van der Waals surface area contributed by atoms with Crippen molar-refractivity contribution in [3.05, 3.63) is 23.7 Å². The number of amides is 1. The van der Waals surface area contributed by atoms with Crippen molar-refractivity contribution in [1.29, 1.82) is 0 Å². The summed E-state index contributed by atoms with van der Waals surface area (Å²) in [5.41, 5.74) is 0. The lowest BCUT2D eigenvalue weighted by molar-refractivity contribution is -0.141. The van der Waals surface area contributed by atoms with Crippen LogP contribution in [0.5, 0.6) is 0 Å². The summed E-state index contributed by atoms with van der Waals surface area (Å²) in [6.45, 7) is 5.63. The van der Waals surface area contributed by atoms with E-state index in [0.29, 0.717) is 19.4 Å². The van der Waals surface area contributed by atoms with Crippen LogP contribution in [0.2, 0.25) is 0 Å². The first-order valence-corrected chi connectivity index (χ1v) is 8.29. The monoisotopic (exact) mass is 322 g/mol. The van der Waals surface area contributed by atoms with Crippen molar-refractivity contribution in [3.8, 4) is 0 Å². The lowest BCUT2D eigenvalue weighted by atomic mass is 10.2. The predicted molar refractivity (Wildman–Crippen MR) is 86.4 cm³/mol. The molecule has 0 aliphatic carbocycles. The number of nitrogens with zero attached hydrogens (tertiary/aromatic N) is 2. The average molecular weight is 322 g/mol. The molecule has 128 valence electrons. The molecule has 0 saturated carbocycles. The Morgan fingerprint density at radius 1 is 1.48 bits per heavy atom. The van der Waals surface area contributed by atoms with E-state index in [9.17, 15) is 14.7 Å². The van der Waals surface area contributed by atoms with Crippen LogP contribution in [0.3, 0.4) is 0 Å². The first kappa shape index (κ1) is 17.5. The van der Waals surface area contributed by atoms with Crippen molar-refractivity contribution in [3.63, 3.8) is 0 Å². The van der Waals surface area contributed by atoms with Gasteiger partial charge in [0.2, 0.25) is 0 Å². The second-order valence-electron chi connectivity index (χ2n) is 6.21. The van der Waals surface area contributed by atoms with Gasteiger partial charge in [0.05, 0.1) is 6.04 Å². The molecule has 0 aromatic carbocycles. The summed E-state index contributed by atoms with van der Waals surface area (Å²) >= 11 is 0. The van der Waals surface area contributed by atoms with Crippen molar-refractivity contribution < 1.29 is 19.1 Å². The number of hydrogen-bond donors (Lipinski definition) is 1. The average Bonchev–Trinajstić information content (AvgIpc) is 3.19. The van der Waals surface area contributed by atoms with E-state index in [0.717, 1.165) is 25.1 Å². The van der Waals surface area contributed by atoms with Crippen molar-refractivity contribution in [2.45, 2.75) is 51.6 Å². The van der Waals surface area contributed by atoms with Crippen molar-refractivity contribution >= 4 is 11.9 Å². The van der Waals surface area contributed by atoms with Crippen LogP contribution in [0.15, 0.2) is 16.5 Å². The number of likely N-dealkylation sites (tertiary alicyclic amines) is 1. The number of hydrogen-bond acceptors (Lipinski definition) is 4. The Morgan fingerprint density at radius 3 is 2.87 bits per heavy atom. The van der Waals surface area contributed by atoms with Crippen LogP contribution in [0, 0.1) is 0 Å². The van der Waals surface area contributed by atoms with E-state index >= 15 is 0 Å². The molecule has 1 amide bonds. The first-order chi connectivity index (χ1) is 11.0. The van der Waals surface area contributed by atoms with Gasteiger partial charge < -0.3 is 14.4 Å². The smallest absolute Gasteiger partial charge is 0.326 e. The van der Waals surface area contributed by atoms with Gasteiger partial charge in [-0.25, -0.2) is 4.79 Å². The molecule has 0 spiro atoms. The Hall–Kier alpha value is -1.82. The topological polar surface area (TPSA) is 74.0 Å². The Balaban J connectivity index is 2.06. The molecule has 1 aromatic heterocycles. The largest absolute Gasteiger partial charge is 0.480 e. The fraction of sp³-hybridized carbons (Fsp3) is 0.647. The van der Waals surface area contributed by atoms with Crippen LogP contribution in [0.1, 0.15) is 61.9 Å². The number of carboxylic acid groups (broad SMARTS) is 1. The van der Waals surface area contributed by atoms with Gasteiger partial charge in [0.15, 0.2) is 5.76 Å². The molecule has 2 atom stereocenters. The molecule has 2 unspecified atom stereocenters. The molecule has 2 heterocycles. The summed E-state index contributed by atoms with van der Waals surface area (Å²) < 4.78 is 5.72. The van der Waals surface area contributed by atoms with Crippen LogP contribution in [-0.4, -0.2) is 53.0 Å². The van der Waals surface area contributed by atoms with Gasteiger partial charge in [-0.1, -0.05) is 13.3 Å². The second kappa shape index (κ2) is 7.64. The summed E-state index contributed by atoms with van der Waals surface area (Å²) in [7, 11) is 2.03. The fourth-order valence-electron chi connectivity index (χ4n) is 2.92. The number of carboxylic acids is 1. The van der Waals surface area contributed by atoms with Crippen molar-refractivity contribution in [1.82, 2.24) is 9.80 Å². The molecule has 0 radical (unpaired) electrons. The number of aliphatic carboxylic acids is 1. The molecule has 6 nitrogen and oxygen atoms in total. The normalized spacial score (nSPS) is 19.3. The SMILES string of the molecule is CCCCN(C)C(C)c1ccc(C(=O)N2CCCC2C(=O)O)o1. The van der Waals surface area contributed by atoms with Crippen LogP contribution < -0.4 is 0 Å². The van der Waals surface area contributed by atoms with Crippen LogP contribution in [-0.2, 0) is 4.79 Å². The minimum absolute atomic E-state index is 0.0805. The zero-order valence-corrected chi connectivity index (χ0v) is 14.1. The highest BCUT2D eigenvalue weighted by Crippen LogP contribution is 2.25. The Morgan fingerprint density at radius 2 is 2.22 bits per heavy atom. The third-order valence-corrected chi connectivity index (χ3v) is 4.57. The number of carbonyl (C=O) groups excluding carboxylic acids is 1. The van der Waals surface area contributed by atoms with E-state index in [2.05, 4.69) is 11.8 Å². The molecule has 1 saturated heterocycles. The van der Waals surface area contributed by atoms with Crippen molar-refractivity contribution in [2.24, 2.45) is 0 Å². The molecular formula is C17H26N2O4. The van der Waals surface area contributed by atoms with Gasteiger partial charge >= 0.3 is 5.97 Å². The third kappa shape index (κ3) is 3.93. The van der Waals surface area contributed by atoms with Crippen LogP contribution in [0.25, 0.3) is 0 Å². The minimum atomic E-state index is -0.949. The quantitative estimate of drug-likeness (QED) is 0.835. The molecule has 0 bridgehead atoms. The molecule has 23 heavy (non-hydrogen) atoms. The lowest BCUT2D eigenvalue weighted by Crippen LogP contribution is -2.40. The van der Waals surface area contributed by atoms with Gasteiger partial charge in [0.25, 0.3) is 5.91 Å². The van der Waals surface area contributed by atoms with Gasteiger partial charge in [0, 0.05) is 6.54 Å². The van der Waals surface area contributed by atoms with Crippen LogP contribution >= 0.6 is 0 Å². The summed E-state index contributed by atoms with van der Waals surface area (Å²) in [6.07, 6.45) is 3.46. The fourth-order valence-corrected chi connectivity index (χ4v) is 2.92. The summed E-state index contributed by atoms with van der Waals surface area (Å²) in [5, 5.41) is 9.20. The number of unbranched alkanes of at least 4 members (excludes halogenated alkanes) is 1. The Labute approximate surface area is 137 Å². The van der Waals surface area contributed by atoms with Crippen molar-refractivity contribution in [2.75, 3.05) is 20.1 Å². The number of carbonyl (C=O) groups is 2. The second-order valence-corrected chi connectivity index (χ2v) is 6.21. The molecule has 2 rings (SSSR count). The maximum Gasteiger partial charge on any atom is 0.326 e. The van der Waals surface area contributed by atoms with Gasteiger partial charge in [-0.3, -0.25) is 9.69 Å². The molecule has 1 N–H and O–H groups in total. The predicted octanol–water partition coefficient (Wildman–Crippen LogP) is 2.76. The molecule has 1 fully saturated rings.